The van der Waals surface area contributed by atoms with Crippen molar-refractivity contribution >= 4 is 34.5 Å². The van der Waals surface area contributed by atoms with Crippen LogP contribution in [0, 0.1) is 0 Å². The van der Waals surface area contributed by atoms with Gasteiger partial charge < -0.3 is 29.2 Å². The fraction of sp³-hybridized carbons (Fsp3) is 0.440. The Morgan fingerprint density at radius 1 is 0.688 bits per heavy atom. The summed E-state index contributed by atoms with van der Waals surface area (Å²) in [7, 11) is 7.88. The molecule has 4 bridgehead atoms. The lowest BCUT2D eigenvalue weighted by atomic mass is 10.00. The van der Waals surface area contributed by atoms with E-state index in [1.807, 2.05) is 95.2 Å². The van der Waals surface area contributed by atoms with Crippen molar-refractivity contribution in [1.82, 2.24) is 39.5 Å². The maximum Gasteiger partial charge on any atom is 0.246 e. The minimum absolute atomic E-state index is 0.0568. The highest BCUT2D eigenvalue weighted by Gasteiger charge is 2.42. The van der Waals surface area contributed by atoms with Crippen molar-refractivity contribution < 1.29 is 19.1 Å². The summed E-state index contributed by atoms with van der Waals surface area (Å²) >= 11 is 3.23. The molecule has 9 rings (SSSR count). The van der Waals surface area contributed by atoms with Gasteiger partial charge in [-0.25, -0.2) is 9.97 Å². The van der Waals surface area contributed by atoms with Crippen molar-refractivity contribution in [2.24, 2.45) is 0 Å². The number of amides is 2. The Kier molecular flexibility index (Phi) is 13.7. The minimum Gasteiger partial charge on any atom is -0.493 e. The number of rotatable bonds is 9. The number of fused-ring (bicyclic) bond motifs is 7. The van der Waals surface area contributed by atoms with Crippen LogP contribution in [0.4, 0.5) is 0 Å². The third kappa shape index (κ3) is 9.48. The van der Waals surface area contributed by atoms with Crippen molar-refractivity contribution in [3.8, 4) is 39.4 Å². The number of nitrogens with zero attached hydrogens (tertiary/aromatic N) is 6. The summed E-state index contributed by atoms with van der Waals surface area (Å²) in [6, 6.07) is 22.0. The summed E-state index contributed by atoms with van der Waals surface area (Å²) in [5, 5.41) is 4.06. The van der Waals surface area contributed by atoms with E-state index in [-0.39, 0.29) is 42.1 Å². The van der Waals surface area contributed by atoms with Crippen molar-refractivity contribution in [2.75, 3.05) is 54.5 Å². The molecule has 12 nitrogen and oxygen atoms in total. The van der Waals surface area contributed by atoms with E-state index in [0.29, 0.717) is 26.2 Å². The topological polar surface area (TPSA) is 123 Å². The molecule has 5 atom stereocenters. The average molecular weight is 901 g/mol. The molecule has 2 saturated heterocycles. The predicted molar refractivity (Wildman–Crippen MR) is 254 cm³/mol. The molecule has 0 aliphatic carbocycles. The molecule has 0 spiro atoms. The third-order valence-electron chi connectivity index (χ3n) is 13.0. The maximum atomic E-state index is 14.4. The first-order valence-electron chi connectivity index (χ1n) is 22.8. The normalized spacial score (nSPS) is 20.8. The predicted octanol–water partition coefficient (Wildman–Crippen LogP) is 9.92. The largest absolute Gasteiger partial charge is 0.493 e. The van der Waals surface area contributed by atoms with Gasteiger partial charge in [-0.15, -0.1) is 22.7 Å². The minimum atomic E-state index is -0.381. The lowest BCUT2D eigenvalue weighted by Crippen LogP contribution is -2.41. The van der Waals surface area contributed by atoms with E-state index >= 15 is 0 Å². The summed E-state index contributed by atoms with van der Waals surface area (Å²) in [6.07, 6.45) is 12.8. The van der Waals surface area contributed by atoms with Gasteiger partial charge in [-0.05, 0) is 106 Å². The molecule has 336 valence electrons. The van der Waals surface area contributed by atoms with Crippen molar-refractivity contribution in [1.29, 1.82) is 0 Å². The van der Waals surface area contributed by atoms with Gasteiger partial charge in [0.15, 0.2) is 0 Å². The SMILES string of the molecule is CN(C)C(C(=O)N1CCC[C@H]1c1ncc(-c2ccc(-c3ccc4c(c3)OCCCCCCCCO[C@H]3C[C@@H](c5ncc-4[nH]5)N(C(=O)C(c4cccs4)N(C)C)C3)cc2)[nH]1)c1cccs1. The quantitative estimate of drug-likeness (QED) is 0.147. The molecule has 3 aliphatic rings. The van der Waals surface area contributed by atoms with E-state index < -0.39 is 0 Å². The second kappa shape index (κ2) is 20.0. The number of likely N-dealkylation sites (tertiary alicyclic amines) is 2. The van der Waals surface area contributed by atoms with E-state index in [2.05, 4.69) is 52.4 Å². The number of aromatic amines is 2. The zero-order valence-electron chi connectivity index (χ0n) is 37.4. The van der Waals surface area contributed by atoms with Gasteiger partial charge in [0, 0.05) is 41.4 Å². The number of ether oxygens (including phenoxy) is 2. The maximum absolute atomic E-state index is 14.4. The Labute approximate surface area is 384 Å². The van der Waals surface area contributed by atoms with Crippen LogP contribution >= 0.6 is 22.7 Å². The Balaban J connectivity index is 0.952. The first-order chi connectivity index (χ1) is 31.2. The van der Waals surface area contributed by atoms with Gasteiger partial charge >= 0.3 is 0 Å². The molecular weight excluding hydrogens is 841 g/mol. The van der Waals surface area contributed by atoms with Gasteiger partial charge in [0.25, 0.3) is 0 Å². The zero-order valence-corrected chi connectivity index (χ0v) is 39.0. The number of hydrogen-bond donors (Lipinski definition) is 2. The molecule has 4 aromatic heterocycles. The number of likely N-dealkylation sites (N-methyl/N-ethyl adjacent to an activating group) is 2. The van der Waals surface area contributed by atoms with Crippen LogP contribution in [0.2, 0.25) is 0 Å². The third-order valence-corrected chi connectivity index (χ3v) is 14.8. The molecule has 2 aromatic carbocycles. The van der Waals surface area contributed by atoms with Crippen molar-refractivity contribution in [2.45, 2.75) is 88.1 Å². The Bertz CT molecular complexity index is 2460. The van der Waals surface area contributed by atoms with E-state index in [4.69, 9.17) is 19.4 Å². The number of carbonyl (C=O) groups is 2. The number of nitrogens with one attached hydrogen (secondary N) is 2. The highest BCUT2D eigenvalue weighted by molar-refractivity contribution is 7.10. The van der Waals surface area contributed by atoms with Crippen molar-refractivity contribution in [3.05, 3.63) is 111 Å². The van der Waals surface area contributed by atoms with E-state index in [1.54, 1.807) is 22.7 Å². The molecule has 6 aromatic rings. The van der Waals surface area contributed by atoms with Gasteiger partial charge in [-0.2, -0.15) is 0 Å². The molecule has 2 unspecified atom stereocenters. The molecule has 0 radical (unpaired) electrons. The highest BCUT2D eigenvalue weighted by atomic mass is 32.1. The van der Waals surface area contributed by atoms with Gasteiger partial charge in [-0.3, -0.25) is 19.4 Å². The molecule has 2 N–H and O–H groups in total. The fourth-order valence-electron chi connectivity index (χ4n) is 9.66. The van der Waals surface area contributed by atoms with E-state index in [9.17, 15) is 9.59 Å². The van der Waals surface area contributed by atoms with E-state index in [1.165, 1.54) is 6.42 Å². The Morgan fingerprint density at radius 3 is 1.95 bits per heavy atom. The van der Waals surface area contributed by atoms with E-state index in [0.717, 1.165) is 112 Å². The van der Waals surface area contributed by atoms with Crippen LogP contribution in [0.1, 0.15) is 103 Å². The van der Waals surface area contributed by atoms with Gasteiger partial charge in [0.1, 0.15) is 29.5 Å². The molecule has 2 fully saturated rings. The fourth-order valence-corrected chi connectivity index (χ4v) is 11.5. The van der Waals surface area contributed by atoms with Gasteiger partial charge in [0.2, 0.25) is 11.8 Å². The number of hydrogen-bond acceptors (Lipinski definition) is 10. The highest BCUT2D eigenvalue weighted by Crippen LogP contribution is 2.40. The smallest absolute Gasteiger partial charge is 0.246 e. The average Bonchev–Trinajstić information content (AvgIpc) is 4.15. The van der Waals surface area contributed by atoms with Crippen LogP contribution in [-0.2, 0) is 14.3 Å². The summed E-state index contributed by atoms with van der Waals surface area (Å²) < 4.78 is 13.1. The van der Waals surface area contributed by atoms with Crippen molar-refractivity contribution in [3.63, 3.8) is 0 Å². The number of thiophene rings is 2. The Morgan fingerprint density at radius 2 is 1.28 bits per heavy atom. The lowest BCUT2D eigenvalue weighted by Gasteiger charge is -2.30. The summed E-state index contributed by atoms with van der Waals surface area (Å²) in [5.74, 6) is 2.57. The Hall–Kier alpha value is -5.12. The number of carbonyl (C=O) groups excluding carboxylic acids is 2. The van der Waals surface area contributed by atoms with Crippen LogP contribution in [-0.4, -0.2) is 112 Å². The molecule has 64 heavy (non-hydrogen) atoms. The molecular formula is C50H60N8O4S2. The summed E-state index contributed by atoms with van der Waals surface area (Å²) in [6.45, 7) is 2.58. The number of H-pyrrole nitrogens is 2. The zero-order chi connectivity index (χ0) is 44.2. The molecule has 2 amide bonds. The number of benzene rings is 2. The molecule has 3 aliphatic heterocycles. The monoisotopic (exact) mass is 900 g/mol. The second-order valence-corrected chi connectivity index (χ2v) is 19.8. The number of imidazole rings is 2. The second-order valence-electron chi connectivity index (χ2n) is 17.8. The summed E-state index contributed by atoms with van der Waals surface area (Å²) in [5.41, 5.74) is 5.87. The van der Waals surface area contributed by atoms with Gasteiger partial charge in [-0.1, -0.05) is 68.1 Å². The van der Waals surface area contributed by atoms with Crippen LogP contribution in [0.15, 0.2) is 89.9 Å². The van der Waals surface area contributed by atoms with Crippen LogP contribution in [0.25, 0.3) is 33.6 Å². The van der Waals surface area contributed by atoms with Crippen LogP contribution in [0.5, 0.6) is 5.75 Å². The molecule has 7 heterocycles. The van der Waals surface area contributed by atoms with Crippen LogP contribution < -0.4 is 4.74 Å². The standard InChI is InChI=1S/C50H60N8O4S2/c1-55(2)45(43-15-12-26-63-43)49(59)57-23-11-14-40(57)47-51-30-38(53-47)34-19-17-33(18-20-34)35-21-22-37-39-31-52-48(54-39)41-29-36(61-24-9-7-5-6-8-10-25-62-42(37)28-35)32-58(41)50(60)46(56(3)4)44-16-13-27-64-44/h12-13,15-22,26-28,30-31,36,40-41,45-46H,5-11,14,23-25,29,32H2,1-4H3,(H,51,53)(H,52,54)/t36-,40-,41-,45?,46?/m0/s1. The van der Waals surface area contributed by atoms with Crippen LogP contribution in [0.3, 0.4) is 0 Å². The first-order valence-corrected chi connectivity index (χ1v) is 24.6. The summed E-state index contributed by atoms with van der Waals surface area (Å²) in [4.78, 5) is 55.5. The first kappa shape index (κ1) is 44.1. The van der Waals surface area contributed by atoms with Gasteiger partial charge in [0.05, 0.1) is 48.6 Å². The molecule has 14 heteroatoms. The molecule has 0 saturated carbocycles. The number of aromatic nitrogens is 4. The lowest BCUT2D eigenvalue weighted by molar-refractivity contribution is -0.138.